The standard InChI is InChI=1S/C16H20N2O4S/c1-16(2,15-7-5-6-10-17-15)18-23(19,20)14-9-8-12(21-3)11-13(14)22-4/h5-11,18H,1-4H3. The van der Waals surface area contributed by atoms with Gasteiger partial charge in [0.1, 0.15) is 16.4 Å². The Morgan fingerprint density at radius 3 is 2.39 bits per heavy atom. The van der Waals surface area contributed by atoms with Crippen molar-refractivity contribution in [2.45, 2.75) is 24.3 Å². The van der Waals surface area contributed by atoms with Crippen LogP contribution in [0.4, 0.5) is 0 Å². The van der Waals surface area contributed by atoms with Crippen LogP contribution in [0.2, 0.25) is 0 Å². The summed E-state index contributed by atoms with van der Waals surface area (Å²) in [5.41, 5.74) is -0.249. The molecule has 0 bridgehead atoms. The third kappa shape index (κ3) is 3.80. The van der Waals surface area contributed by atoms with Crippen LogP contribution in [0, 0.1) is 0 Å². The molecule has 6 nitrogen and oxygen atoms in total. The molecule has 0 saturated carbocycles. The van der Waals surface area contributed by atoms with Gasteiger partial charge in [-0.3, -0.25) is 4.98 Å². The Bertz CT molecular complexity index is 774. The van der Waals surface area contributed by atoms with Crippen molar-refractivity contribution in [2.75, 3.05) is 14.2 Å². The SMILES string of the molecule is COc1ccc(S(=O)(=O)NC(C)(C)c2ccccn2)c(OC)c1. The average molecular weight is 336 g/mol. The van der Waals surface area contributed by atoms with Gasteiger partial charge in [-0.2, -0.15) is 4.72 Å². The van der Waals surface area contributed by atoms with Gasteiger partial charge in [0.15, 0.2) is 0 Å². The highest BCUT2D eigenvalue weighted by molar-refractivity contribution is 7.89. The Kier molecular flexibility index (Phi) is 4.91. The molecule has 0 fully saturated rings. The van der Waals surface area contributed by atoms with E-state index in [-0.39, 0.29) is 10.6 Å². The fourth-order valence-electron chi connectivity index (χ4n) is 2.17. The van der Waals surface area contributed by atoms with Crippen LogP contribution in [0.15, 0.2) is 47.5 Å². The average Bonchev–Trinajstić information content (AvgIpc) is 2.54. The molecule has 23 heavy (non-hydrogen) atoms. The lowest BCUT2D eigenvalue weighted by Crippen LogP contribution is -2.41. The summed E-state index contributed by atoms with van der Waals surface area (Å²) in [6.07, 6.45) is 1.62. The highest BCUT2D eigenvalue weighted by Crippen LogP contribution is 2.30. The number of aromatic nitrogens is 1. The van der Waals surface area contributed by atoms with E-state index >= 15 is 0 Å². The predicted octanol–water partition coefficient (Wildman–Crippen LogP) is 2.31. The van der Waals surface area contributed by atoms with E-state index in [0.717, 1.165) is 0 Å². The van der Waals surface area contributed by atoms with Crippen LogP contribution < -0.4 is 14.2 Å². The van der Waals surface area contributed by atoms with Crippen LogP contribution in [0.5, 0.6) is 11.5 Å². The Balaban J connectivity index is 2.39. The zero-order chi connectivity index (χ0) is 17.1. The van der Waals surface area contributed by atoms with Crippen molar-refractivity contribution in [1.82, 2.24) is 9.71 Å². The molecular weight excluding hydrogens is 316 g/mol. The second-order valence-electron chi connectivity index (χ2n) is 5.46. The lowest BCUT2D eigenvalue weighted by molar-refractivity contribution is 0.384. The normalized spacial score (nSPS) is 12.0. The summed E-state index contributed by atoms with van der Waals surface area (Å²) in [5, 5.41) is 0. The van der Waals surface area contributed by atoms with Crippen LogP contribution >= 0.6 is 0 Å². The molecule has 0 atom stereocenters. The molecule has 0 radical (unpaired) electrons. The maximum Gasteiger partial charge on any atom is 0.245 e. The van der Waals surface area contributed by atoms with Crippen LogP contribution in [-0.4, -0.2) is 27.6 Å². The summed E-state index contributed by atoms with van der Waals surface area (Å²) < 4.78 is 38.4. The van der Waals surface area contributed by atoms with Crippen molar-refractivity contribution < 1.29 is 17.9 Å². The molecule has 124 valence electrons. The van der Waals surface area contributed by atoms with Crippen molar-refractivity contribution >= 4 is 10.0 Å². The minimum atomic E-state index is -3.80. The molecule has 2 aromatic rings. The molecule has 0 spiro atoms. The second-order valence-corrected chi connectivity index (χ2v) is 7.11. The van der Waals surface area contributed by atoms with Crippen molar-refractivity contribution in [3.05, 3.63) is 48.3 Å². The highest BCUT2D eigenvalue weighted by atomic mass is 32.2. The number of hydrogen-bond donors (Lipinski definition) is 1. The molecule has 7 heteroatoms. The first-order valence-electron chi connectivity index (χ1n) is 6.97. The number of methoxy groups -OCH3 is 2. The number of hydrogen-bond acceptors (Lipinski definition) is 5. The Hall–Kier alpha value is -2.12. The van der Waals surface area contributed by atoms with Crippen LogP contribution in [0.1, 0.15) is 19.5 Å². The first-order chi connectivity index (χ1) is 10.8. The van der Waals surface area contributed by atoms with Gasteiger partial charge in [-0.05, 0) is 38.1 Å². The van der Waals surface area contributed by atoms with E-state index in [9.17, 15) is 8.42 Å². The summed E-state index contributed by atoms with van der Waals surface area (Å²) in [7, 11) is -0.885. The molecule has 1 aromatic heterocycles. The summed E-state index contributed by atoms with van der Waals surface area (Å²) in [6.45, 7) is 3.51. The van der Waals surface area contributed by atoms with E-state index < -0.39 is 15.6 Å². The molecule has 0 aliphatic carbocycles. The van der Waals surface area contributed by atoms with Crippen molar-refractivity contribution in [3.8, 4) is 11.5 Å². The second kappa shape index (κ2) is 6.55. The molecule has 1 N–H and O–H groups in total. The first-order valence-corrected chi connectivity index (χ1v) is 8.46. The molecule has 1 heterocycles. The molecule has 1 aromatic carbocycles. The fourth-order valence-corrected chi connectivity index (χ4v) is 3.71. The first kappa shape index (κ1) is 17.2. The van der Waals surface area contributed by atoms with E-state index in [1.165, 1.54) is 26.4 Å². The minimum absolute atomic E-state index is 0.0461. The van der Waals surface area contributed by atoms with Crippen molar-refractivity contribution in [2.24, 2.45) is 0 Å². The van der Waals surface area contributed by atoms with E-state index in [1.54, 1.807) is 38.2 Å². The van der Waals surface area contributed by atoms with E-state index in [1.807, 2.05) is 6.07 Å². The Labute approximate surface area is 136 Å². The number of pyridine rings is 1. The summed E-state index contributed by atoms with van der Waals surface area (Å²) in [4.78, 5) is 4.27. The van der Waals surface area contributed by atoms with Crippen LogP contribution in [-0.2, 0) is 15.6 Å². The third-order valence-electron chi connectivity index (χ3n) is 3.36. The van der Waals surface area contributed by atoms with Gasteiger partial charge in [-0.25, -0.2) is 8.42 Å². The van der Waals surface area contributed by atoms with Gasteiger partial charge in [0.05, 0.1) is 25.5 Å². The molecule has 0 aliphatic rings. The van der Waals surface area contributed by atoms with E-state index in [4.69, 9.17) is 9.47 Å². The largest absolute Gasteiger partial charge is 0.497 e. The smallest absolute Gasteiger partial charge is 0.245 e. The minimum Gasteiger partial charge on any atom is -0.497 e. The number of ether oxygens (including phenoxy) is 2. The molecule has 0 aliphatic heterocycles. The number of nitrogens with zero attached hydrogens (tertiary/aromatic N) is 1. The van der Waals surface area contributed by atoms with Crippen LogP contribution in [0.3, 0.4) is 0 Å². The number of sulfonamides is 1. The van der Waals surface area contributed by atoms with E-state index in [2.05, 4.69) is 9.71 Å². The van der Waals surface area contributed by atoms with Crippen molar-refractivity contribution in [3.63, 3.8) is 0 Å². The molecule has 0 amide bonds. The number of benzene rings is 1. The van der Waals surface area contributed by atoms with Gasteiger partial charge in [-0.1, -0.05) is 6.07 Å². The Morgan fingerprint density at radius 1 is 1.09 bits per heavy atom. The maximum atomic E-state index is 12.7. The third-order valence-corrected chi connectivity index (χ3v) is 5.05. The number of rotatable bonds is 6. The number of nitrogens with one attached hydrogen (secondary N) is 1. The summed E-state index contributed by atoms with van der Waals surface area (Å²) >= 11 is 0. The van der Waals surface area contributed by atoms with Gasteiger partial charge in [0.25, 0.3) is 0 Å². The summed E-state index contributed by atoms with van der Waals surface area (Å²) in [5.74, 6) is 0.735. The van der Waals surface area contributed by atoms with Gasteiger partial charge in [0, 0.05) is 12.3 Å². The lowest BCUT2D eigenvalue weighted by Gasteiger charge is -2.25. The molecule has 2 rings (SSSR count). The fraction of sp³-hybridized carbons (Fsp3) is 0.312. The van der Waals surface area contributed by atoms with Gasteiger partial charge in [0.2, 0.25) is 10.0 Å². The lowest BCUT2D eigenvalue weighted by atomic mass is 10.0. The zero-order valence-electron chi connectivity index (χ0n) is 13.5. The monoisotopic (exact) mass is 336 g/mol. The quantitative estimate of drug-likeness (QED) is 0.876. The Morgan fingerprint density at radius 2 is 1.83 bits per heavy atom. The van der Waals surface area contributed by atoms with E-state index in [0.29, 0.717) is 11.4 Å². The summed E-state index contributed by atoms with van der Waals surface area (Å²) in [6, 6.07) is 9.92. The van der Waals surface area contributed by atoms with Gasteiger partial charge >= 0.3 is 0 Å². The zero-order valence-corrected chi connectivity index (χ0v) is 14.3. The molecule has 0 saturated heterocycles. The van der Waals surface area contributed by atoms with Gasteiger partial charge < -0.3 is 9.47 Å². The van der Waals surface area contributed by atoms with Crippen molar-refractivity contribution in [1.29, 1.82) is 0 Å². The predicted molar refractivity (Wildman–Crippen MR) is 87.1 cm³/mol. The van der Waals surface area contributed by atoms with Gasteiger partial charge in [-0.15, -0.1) is 0 Å². The maximum absolute atomic E-state index is 12.7. The topological polar surface area (TPSA) is 77.5 Å². The van der Waals surface area contributed by atoms with Crippen LogP contribution in [0.25, 0.3) is 0 Å². The molecular formula is C16H20N2O4S. The highest BCUT2D eigenvalue weighted by Gasteiger charge is 2.30. The molecule has 0 unspecified atom stereocenters.